The quantitative estimate of drug-likeness (QED) is 0.247. The molecule has 49 heavy (non-hydrogen) atoms. The summed E-state index contributed by atoms with van der Waals surface area (Å²) < 4.78 is 38.0. The maximum atomic E-state index is 13.5. The summed E-state index contributed by atoms with van der Waals surface area (Å²) in [4.78, 5) is 28.3. The molecule has 0 spiro atoms. The molecule has 1 aromatic heterocycles. The van der Waals surface area contributed by atoms with Crippen molar-refractivity contribution < 1.29 is 27.9 Å². The van der Waals surface area contributed by atoms with E-state index < -0.39 is 22.1 Å². The van der Waals surface area contributed by atoms with Crippen LogP contribution in [-0.4, -0.2) is 92.1 Å². The van der Waals surface area contributed by atoms with E-state index in [2.05, 4.69) is 14.9 Å². The zero-order chi connectivity index (χ0) is 34.1. The summed E-state index contributed by atoms with van der Waals surface area (Å²) in [6.07, 6.45) is 10.8. The minimum absolute atomic E-state index is 0.110. The molecule has 2 aromatic carbocycles. The highest BCUT2D eigenvalue weighted by Crippen LogP contribution is 2.47. The van der Waals surface area contributed by atoms with E-state index in [-0.39, 0.29) is 30.1 Å². The van der Waals surface area contributed by atoms with Gasteiger partial charge in [-0.1, -0.05) is 38.2 Å². The van der Waals surface area contributed by atoms with Crippen LogP contribution in [0.4, 0.5) is 0 Å². The van der Waals surface area contributed by atoms with Gasteiger partial charge in [-0.2, -0.15) is 12.7 Å². The van der Waals surface area contributed by atoms with Crippen molar-refractivity contribution in [1.29, 1.82) is 0 Å². The van der Waals surface area contributed by atoms with Gasteiger partial charge in [0.05, 0.1) is 24.4 Å². The number of rotatable bonds is 12. The van der Waals surface area contributed by atoms with Crippen molar-refractivity contribution in [2.75, 3.05) is 52.9 Å². The van der Waals surface area contributed by atoms with Gasteiger partial charge in [-0.3, -0.25) is 9.69 Å². The number of aliphatic carboxylic acids is 1. The SMILES string of the molecule is CN(CCN1CCNCC1)S(=O)(=O)NC(=O)c1ccc2c(C3CCCCC3)c3n(c2c1)CC(C(=O)O)=Cc1cc(OCCC2CC2)ccc1-3. The van der Waals surface area contributed by atoms with Gasteiger partial charge < -0.3 is 19.7 Å². The molecule has 262 valence electrons. The Labute approximate surface area is 288 Å². The first-order valence-electron chi connectivity index (χ1n) is 17.8. The van der Waals surface area contributed by atoms with Crippen LogP contribution < -0.4 is 14.8 Å². The molecule has 4 aliphatic rings. The van der Waals surface area contributed by atoms with E-state index >= 15 is 0 Å². The highest BCUT2D eigenvalue weighted by molar-refractivity contribution is 7.87. The summed E-state index contributed by atoms with van der Waals surface area (Å²) in [5.41, 5.74) is 5.02. The molecule has 0 radical (unpaired) electrons. The minimum atomic E-state index is -4.08. The zero-order valence-electron chi connectivity index (χ0n) is 28.2. The third-order valence-electron chi connectivity index (χ3n) is 10.7. The molecule has 12 heteroatoms. The van der Waals surface area contributed by atoms with Gasteiger partial charge in [0.2, 0.25) is 0 Å². The van der Waals surface area contributed by atoms with Crippen molar-refractivity contribution in [3.8, 4) is 17.0 Å². The summed E-state index contributed by atoms with van der Waals surface area (Å²) in [5, 5.41) is 14.6. The van der Waals surface area contributed by atoms with E-state index in [1.165, 1.54) is 36.2 Å². The molecule has 0 atom stereocenters. The molecule has 3 N–H and O–H groups in total. The number of nitrogens with one attached hydrogen (secondary N) is 2. The Balaban J connectivity index is 1.23. The second-order valence-electron chi connectivity index (χ2n) is 14.1. The van der Waals surface area contributed by atoms with Gasteiger partial charge in [0.25, 0.3) is 5.91 Å². The molecule has 11 nitrogen and oxygen atoms in total. The molecule has 1 amide bonds. The Morgan fingerprint density at radius 3 is 2.55 bits per heavy atom. The Hall–Kier alpha value is -3.71. The third-order valence-corrected chi connectivity index (χ3v) is 12.1. The van der Waals surface area contributed by atoms with Crippen molar-refractivity contribution in [1.82, 2.24) is 23.8 Å². The molecule has 2 aliphatic carbocycles. The van der Waals surface area contributed by atoms with Gasteiger partial charge in [0.1, 0.15) is 5.75 Å². The number of aromatic nitrogens is 1. The van der Waals surface area contributed by atoms with Crippen molar-refractivity contribution in [2.24, 2.45) is 5.92 Å². The molecule has 3 heterocycles. The van der Waals surface area contributed by atoms with E-state index in [1.54, 1.807) is 18.2 Å². The molecule has 1 saturated heterocycles. The van der Waals surface area contributed by atoms with E-state index in [0.29, 0.717) is 13.2 Å². The summed E-state index contributed by atoms with van der Waals surface area (Å²) >= 11 is 0. The number of likely N-dealkylation sites (N-methyl/N-ethyl adjacent to an activating group) is 1. The van der Waals surface area contributed by atoms with Crippen LogP contribution in [0.3, 0.4) is 0 Å². The number of carboxylic acid groups (broad SMARTS) is 1. The summed E-state index contributed by atoms with van der Waals surface area (Å²) in [5.74, 6) is 0.0294. The van der Waals surface area contributed by atoms with Crippen LogP contribution in [0.1, 0.15) is 78.8 Å². The van der Waals surface area contributed by atoms with Gasteiger partial charge in [0, 0.05) is 68.3 Å². The number of fused-ring (bicyclic) bond motifs is 5. The van der Waals surface area contributed by atoms with Gasteiger partial charge in [-0.25, -0.2) is 9.52 Å². The fourth-order valence-corrected chi connectivity index (χ4v) is 8.45. The lowest BCUT2D eigenvalue weighted by Gasteiger charge is -2.28. The molecule has 3 fully saturated rings. The number of hydrogen-bond donors (Lipinski definition) is 3. The van der Waals surface area contributed by atoms with Crippen molar-refractivity contribution in [2.45, 2.75) is 63.8 Å². The second kappa shape index (κ2) is 14.3. The average molecular weight is 690 g/mol. The van der Waals surface area contributed by atoms with E-state index in [9.17, 15) is 23.1 Å². The van der Waals surface area contributed by atoms with Gasteiger partial charge in [-0.15, -0.1) is 0 Å². The fraction of sp³-hybridized carbons (Fsp3) is 0.514. The first-order chi connectivity index (χ1) is 23.7. The molecule has 7 rings (SSSR count). The number of piperazine rings is 1. The summed E-state index contributed by atoms with van der Waals surface area (Å²) in [6.45, 7) is 5.02. The predicted octanol–water partition coefficient (Wildman–Crippen LogP) is 4.83. The lowest BCUT2D eigenvalue weighted by molar-refractivity contribution is -0.132. The highest BCUT2D eigenvalue weighted by atomic mass is 32.2. The normalized spacial score (nSPS) is 18.9. The van der Waals surface area contributed by atoms with Crippen LogP contribution in [0.15, 0.2) is 42.0 Å². The van der Waals surface area contributed by atoms with E-state index in [0.717, 1.165) is 97.7 Å². The number of ether oxygens (including phenoxy) is 1. The third kappa shape index (κ3) is 7.42. The highest BCUT2D eigenvalue weighted by Gasteiger charge is 2.31. The fourth-order valence-electron chi connectivity index (χ4n) is 7.62. The molecule has 0 unspecified atom stereocenters. The molecule has 0 bridgehead atoms. The van der Waals surface area contributed by atoms with Crippen molar-refractivity contribution in [3.63, 3.8) is 0 Å². The molecular formula is C37H47N5O6S. The minimum Gasteiger partial charge on any atom is -0.494 e. The van der Waals surface area contributed by atoms with Crippen molar-refractivity contribution in [3.05, 3.63) is 58.7 Å². The maximum absolute atomic E-state index is 13.5. The summed E-state index contributed by atoms with van der Waals surface area (Å²) in [6, 6.07) is 11.3. The van der Waals surface area contributed by atoms with Gasteiger partial charge >= 0.3 is 16.2 Å². The maximum Gasteiger partial charge on any atom is 0.333 e. The van der Waals surface area contributed by atoms with E-state index in [1.807, 2.05) is 28.8 Å². The molecule has 2 aliphatic heterocycles. The summed E-state index contributed by atoms with van der Waals surface area (Å²) in [7, 11) is -2.61. The molecule has 2 saturated carbocycles. The molecular weight excluding hydrogens is 643 g/mol. The topological polar surface area (TPSA) is 133 Å². The monoisotopic (exact) mass is 689 g/mol. The number of benzene rings is 2. The Kier molecular flexibility index (Phi) is 9.83. The number of carbonyl (C=O) groups excluding carboxylic acids is 1. The van der Waals surface area contributed by atoms with Crippen LogP contribution in [0.5, 0.6) is 5.75 Å². The average Bonchev–Trinajstić information content (AvgIpc) is 3.90. The lowest BCUT2D eigenvalue weighted by atomic mass is 9.81. The second-order valence-corrected chi connectivity index (χ2v) is 15.8. The predicted molar refractivity (Wildman–Crippen MR) is 190 cm³/mol. The largest absolute Gasteiger partial charge is 0.494 e. The lowest BCUT2D eigenvalue weighted by Crippen LogP contribution is -2.48. The Bertz CT molecular complexity index is 1870. The van der Waals surface area contributed by atoms with Crippen LogP contribution in [0.2, 0.25) is 0 Å². The Morgan fingerprint density at radius 1 is 1.04 bits per heavy atom. The van der Waals surface area contributed by atoms with Gasteiger partial charge in [-0.05, 0) is 78.6 Å². The van der Waals surface area contributed by atoms with E-state index in [4.69, 9.17) is 4.74 Å². The number of hydrogen-bond acceptors (Lipinski definition) is 7. The zero-order valence-corrected chi connectivity index (χ0v) is 29.1. The van der Waals surface area contributed by atoms with Crippen LogP contribution >= 0.6 is 0 Å². The number of carbonyl (C=O) groups is 2. The smallest absolute Gasteiger partial charge is 0.333 e. The first-order valence-corrected chi connectivity index (χ1v) is 19.2. The number of amides is 1. The molecule has 3 aromatic rings. The van der Waals surface area contributed by atoms with Crippen LogP contribution in [0, 0.1) is 5.92 Å². The Morgan fingerprint density at radius 2 is 1.82 bits per heavy atom. The van der Waals surface area contributed by atoms with Gasteiger partial charge in [0.15, 0.2) is 0 Å². The van der Waals surface area contributed by atoms with Crippen LogP contribution in [-0.2, 0) is 21.5 Å². The first kappa shape index (κ1) is 33.8. The van der Waals surface area contributed by atoms with Crippen molar-refractivity contribution >= 4 is 39.1 Å². The number of nitrogens with zero attached hydrogens (tertiary/aromatic N) is 3. The number of carboxylic acids is 1. The van der Waals surface area contributed by atoms with Crippen LogP contribution in [0.25, 0.3) is 28.2 Å². The standard InChI is InChI=1S/C37H47N5O6S/c1-40(18-19-41-16-14-38-15-17-41)49(46,47)39-36(43)27-9-11-32-33(23-27)42-24-29(37(44)45)21-28-22-30(48-20-13-25-7-8-25)10-12-31(28)35(42)34(32)26-5-3-2-4-6-26/h9-12,21-23,25-26,38H,2-8,13-20,24H2,1H3,(H,39,43)(H,44,45).